The maximum Gasteiger partial charge on any atom is 0.269 e. The summed E-state index contributed by atoms with van der Waals surface area (Å²) in [6.07, 6.45) is 0.160. The maximum atomic E-state index is 12.9. The Balaban J connectivity index is 1.52. The van der Waals surface area contributed by atoms with E-state index in [1.54, 1.807) is 30.3 Å². The standard InChI is InChI=1S/C19H19FN2O4/c1-12(13-2-5-15(20)6-3-13)10-18(23)21-22-19(24)14-4-7-16-17(11-14)26-9-8-25-16/h2-7,11-12H,8-10H2,1H3,(H,21,23)(H,22,24). The van der Waals surface area contributed by atoms with Gasteiger partial charge in [0.05, 0.1) is 0 Å². The first-order chi connectivity index (χ1) is 12.5. The molecule has 2 aromatic carbocycles. The highest BCUT2D eigenvalue weighted by Gasteiger charge is 2.16. The quantitative estimate of drug-likeness (QED) is 0.824. The third-order valence-electron chi connectivity index (χ3n) is 4.05. The fourth-order valence-corrected chi connectivity index (χ4v) is 2.62. The van der Waals surface area contributed by atoms with Crippen molar-refractivity contribution in [2.75, 3.05) is 13.2 Å². The monoisotopic (exact) mass is 358 g/mol. The fourth-order valence-electron chi connectivity index (χ4n) is 2.62. The van der Waals surface area contributed by atoms with E-state index in [0.29, 0.717) is 30.3 Å². The van der Waals surface area contributed by atoms with E-state index in [-0.39, 0.29) is 24.1 Å². The summed E-state index contributed by atoms with van der Waals surface area (Å²) in [6.45, 7) is 2.76. The van der Waals surface area contributed by atoms with Crippen molar-refractivity contribution in [2.24, 2.45) is 0 Å². The molecule has 6 nitrogen and oxygen atoms in total. The topological polar surface area (TPSA) is 76.7 Å². The van der Waals surface area contributed by atoms with E-state index >= 15 is 0 Å². The van der Waals surface area contributed by atoms with Crippen LogP contribution in [0.2, 0.25) is 0 Å². The van der Waals surface area contributed by atoms with Crippen molar-refractivity contribution in [3.8, 4) is 11.5 Å². The molecular formula is C19H19FN2O4. The summed E-state index contributed by atoms with van der Waals surface area (Å²) in [6, 6.07) is 10.8. The number of nitrogens with one attached hydrogen (secondary N) is 2. The van der Waals surface area contributed by atoms with Crippen molar-refractivity contribution >= 4 is 11.8 Å². The van der Waals surface area contributed by atoms with E-state index in [2.05, 4.69) is 10.9 Å². The predicted molar refractivity (Wildman–Crippen MR) is 92.5 cm³/mol. The molecule has 0 saturated carbocycles. The molecule has 1 unspecified atom stereocenters. The lowest BCUT2D eigenvalue weighted by Gasteiger charge is -2.18. The van der Waals surface area contributed by atoms with Gasteiger partial charge < -0.3 is 9.47 Å². The van der Waals surface area contributed by atoms with Crippen molar-refractivity contribution in [2.45, 2.75) is 19.3 Å². The lowest BCUT2D eigenvalue weighted by atomic mass is 9.98. The molecule has 1 heterocycles. The van der Waals surface area contributed by atoms with Crippen LogP contribution >= 0.6 is 0 Å². The molecule has 3 rings (SSSR count). The second kappa shape index (κ2) is 7.86. The molecule has 0 fully saturated rings. The number of ether oxygens (including phenoxy) is 2. The highest BCUT2D eigenvalue weighted by Crippen LogP contribution is 2.30. The number of hydrogen-bond donors (Lipinski definition) is 2. The van der Waals surface area contributed by atoms with E-state index in [4.69, 9.17) is 9.47 Å². The molecule has 2 N–H and O–H groups in total. The summed E-state index contributed by atoms with van der Waals surface area (Å²) in [7, 11) is 0. The second-order valence-corrected chi connectivity index (χ2v) is 6.02. The molecule has 0 aromatic heterocycles. The first-order valence-corrected chi connectivity index (χ1v) is 8.27. The molecule has 0 radical (unpaired) electrons. The molecule has 1 aliphatic rings. The van der Waals surface area contributed by atoms with Gasteiger partial charge in [0.2, 0.25) is 5.91 Å². The lowest BCUT2D eigenvalue weighted by molar-refractivity contribution is -0.122. The van der Waals surface area contributed by atoms with Crippen LogP contribution in [0.25, 0.3) is 0 Å². The summed E-state index contributed by atoms with van der Waals surface area (Å²) < 4.78 is 23.8. The molecule has 2 aromatic rings. The minimum atomic E-state index is -0.454. The Bertz CT molecular complexity index is 808. The van der Waals surface area contributed by atoms with Gasteiger partial charge in [-0.3, -0.25) is 20.4 Å². The predicted octanol–water partition coefficient (Wildman–Crippen LogP) is 2.55. The lowest BCUT2D eigenvalue weighted by Crippen LogP contribution is -2.42. The minimum Gasteiger partial charge on any atom is -0.486 e. The summed E-state index contributed by atoms with van der Waals surface area (Å²) in [5.74, 6) is -0.138. The van der Waals surface area contributed by atoms with Crippen molar-refractivity contribution in [3.05, 3.63) is 59.4 Å². The van der Waals surface area contributed by atoms with Crippen LogP contribution in [0.4, 0.5) is 4.39 Å². The molecule has 136 valence electrons. The van der Waals surface area contributed by atoms with Gasteiger partial charge in [-0.05, 0) is 41.8 Å². The van der Waals surface area contributed by atoms with Crippen LogP contribution in [0.1, 0.15) is 35.2 Å². The molecule has 0 bridgehead atoms. The van der Waals surface area contributed by atoms with E-state index in [0.717, 1.165) is 5.56 Å². The molecule has 26 heavy (non-hydrogen) atoms. The smallest absolute Gasteiger partial charge is 0.269 e. The highest BCUT2D eigenvalue weighted by molar-refractivity contribution is 5.96. The zero-order valence-electron chi connectivity index (χ0n) is 14.3. The van der Waals surface area contributed by atoms with Crippen LogP contribution in [-0.4, -0.2) is 25.0 Å². The zero-order chi connectivity index (χ0) is 18.5. The van der Waals surface area contributed by atoms with Gasteiger partial charge in [0.1, 0.15) is 19.0 Å². The van der Waals surface area contributed by atoms with Gasteiger partial charge in [0.25, 0.3) is 5.91 Å². The van der Waals surface area contributed by atoms with Gasteiger partial charge in [-0.25, -0.2) is 4.39 Å². The van der Waals surface area contributed by atoms with Gasteiger partial charge >= 0.3 is 0 Å². The van der Waals surface area contributed by atoms with E-state index in [1.807, 2.05) is 6.92 Å². The molecule has 7 heteroatoms. The van der Waals surface area contributed by atoms with Crippen molar-refractivity contribution < 1.29 is 23.5 Å². The molecule has 2 amide bonds. The van der Waals surface area contributed by atoms with Gasteiger partial charge in [-0.15, -0.1) is 0 Å². The number of amides is 2. The van der Waals surface area contributed by atoms with Crippen molar-refractivity contribution in [1.82, 2.24) is 10.9 Å². The van der Waals surface area contributed by atoms with Crippen LogP contribution < -0.4 is 20.3 Å². The number of carbonyl (C=O) groups is 2. The van der Waals surface area contributed by atoms with Crippen LogP contribution in [-0.2, 0) is 4.79 Å². The number of hydrazine groups is 1. The van der Waals surface area contributed by atoms with Gasteiger partial charge in [0.15, 0.2) is 11.5 Å². The molecule has 1 aliphatic heterocycles. The second-order valence-electron chi connectivity index (χ2n) is 6.02. The normalized spacial score (nSPS) is 13.6. The van der Waals surface area contributed by atoms with Crippen molar-refractivity contribution in [3.63, 3.8) is 0 Å². The highest BCUT2D eigenvalue weighted by atomic mass is 19.1. The number of carbonyl (C=O) groups excluding carboxylic acids is 2. The van der Waals surface area contributed by atoms with Crippen LogP contribution in [0, 0.1) is 5.82 Å². The Morgan fingerprint density at radius 1 is 1.04 bits per heavy atom. The van der Waals surface area contributed by atoms with Crippen molar-refractivity contribution in [1.29, 1.82) is 0 Å². The third-order valence-corrected chi connectivity index (χ3v) is 4.05. The Hall–Kier alpha value is -3.09. The molecule has 0 spiro atoms. The molecular weight excluding hydrogens is 339 g/mol. The van der Waals surface area contributed by atoms with Gasteiger partial charge in [-0.2, -0.15) is 0 Å². The first-order valence-electron chi connectivity index (χ1n) is 8.27. The Labute approximate surface area is 150 Å². The number of hydrogen-bond acceptors (Lipinski definition) is 4. The Kier molecular flexibility index (Phi) is 5.36. The van der Waals surface area contributed by atoms with Gasteiger partial charge in [0, 0.05) is 12.0 Å². The summed E-state index contributed by atoms with van der Waals surface area (Å²) >= 11 is 0. The van der Waals surface area contributed by atoms with Gasteiger partial charge in [-0.1, -0.05) is 19.1 Å². The largest absolute Gasteiger partial charge is 0.486 e. The van der Waals surface area contributed by atoms with E-state index in [1.165, 1.54) is 12.1 Å². The maximum absolute atomic E-state index is 12.9. The number of rotatable bonds is 4. The fraction of sp³-hybridized carbons (Fsp3) is 0.263. The number of benzene rings is 2. The summed E-state index contributed by atoms with van der Waals surface area (Å²) in [5.41, 5.74) is 5.96. The molecule has 0 aliphatic carbocycles. The summed E-state index contributed by atoms with van der Waals surface area (Å²) in [4.78, 5) is 24.2. The Morgan fingerprint density at radius 2 is 1.73 bits per heavy atom. The average Bonchev–Trinajstić information content (AvgIpc) is 2.66. The molecule has 0 saturated heterocycles. The average molecular weight is 358 g/mol. The van der Waals surface area contributed by atoms with Crippen LogP contribution in [0.5, 0.6) is 11.5 Å². The SMILES string of the molecule is CC(CC(=O)NNC(=O)c1ccc2c(c1)OCCO2)c1ccc(F)cc1. The summed E-state index contributed by atoms with van der Waals surface area (Å²) in [5, 5.41) is 0. The Morgan fingerprint density at radius 3 is 2.46 bits per heavy atom. The third kappa shape index (κ3) is 4.30. The zero-order valence-corrected chi connectivity index (χ0v) is 14.3. The van der Waals surface area contributed by atoms with Crippen LogP contribution in [0.15, 0.2) is 42.5 Å². The number of halogens is 1. The first kappa shape index (κ1) is 17.7. The van der Waals surface area contributed by atoms with Crippen LogP contribution in [0.3, 0.4) is 0 Å². The minimum absolute atomic E-state index is 0.109. The number of fused-ring (bicyclic) bond motifs is 1. The van der Waals surface area contributed by atoms with E-state index < -0.39 is 5.91 Å². The van der Waals surface area contributed by atoms with E-state index in [9.17, 15) is 14.0 Å². The molecule has 1 atom stereocenters.